The third-order valence-corrected chi connectivity index (χ3v) is 3.37. The fourth-order valence-electron chi connectivity index (χ4n) is 1.27. The number of halogens is 1. The average molecular weight is 245 g/mol. The summed E-state index contributed by atoms with van der Waals surface area (Å²) in [6.45, 7) is 2.00. The van der Waals surface area contributed by atoms with Crippen molar-refractivity contribution in [2.75, 3.05) is 6.26 Å². The van der Waals surface area contributed by atoms with Crippen LogP contribution in [0, 0.1) is 0 Å². The van der Waals surface area contributed by atoms with E-state index in [1.165, 1.54) is 6.20 Å². The molecule has 15 heavy (non-hydrogen) atoms. The van der Waals surface area contributed by atoms with Gasteiger partial charge in [0.25, 0.3) is 5.91 Å². The number of nitrogens with two attached hydrogens (primary N) is 1. The number of primary amides is 1. The summed E-state index contributed by atoms with van der Waals surface area (Å²) in [7, 11) is 0. The summed E-state index contributed by atoms with van der Waals surface area (Å²) in [6.07, 6.45) is 4.90. The molecule has 2 N–H and O–H groups in total. The molecule has 82 valence electrons. The van der Waals surface area contributed by atoms with E-state index < -0.39 is 5.91 Å². The van der Waals surface area contributed by atoms with Crippen molar-refractivity contribution in [1.82, 2.24) is 0 Å². The van der Waals surface area contributed by atoms with Gasteiger partial charge >= 0.3 is 0 Å². The Bertz CT molecular complexity index is 372. The highest BCUT2D eigenvalue weighted by Crippen LogP contribution is 2.28. The van der Waals surface area contributed by atoms with Crippen molar-refractivity contribution in [3.8, 4) is 0 Å². The number of rotatable bonds is 2. The van der Waals surface area contributed by atoms with E-state index in [1.807, 2.05) is 13.2 Å². The summed E-state index contributed by atoms with van der Waals surface area (Å²) in [4.78, 5) is 15.3. The van der Waals surface area contributed by atoms with Gasteiger partial charge < -0.3 is 5.73 Å². The second-order valence-electron chi connectivity index (χ2n) is 3.08. The summed E-state index contributed by atoms with van der Waals surface area (Å²) in [5, 5.41) is 1.40. The summed E-state index contributed by atoms with van der Waals surface area (Å²) in [6, 6.07) is 0. The lowest BCUT2D eigenvalue weighted by Crippen LogP contribution is -2.14. The summed E-state index contributed by atoms with van der Waals surface area (Å²) < 4.78 is 0. The van der Waals surface area contributed by atoms with Crippen molar-refractivity contribution < 1.29 is 4.79 Å². The van der Waals surface area contributed by atoms with Crippen LogP contribution in [0.25, 0.3) is 0 Å². The molecule has 1 heterocycles. The molecule has 5 heteroatoms. The van der Waals surface area contributed by atoms with Gasteiger partial charge in [-0.1, -0.05) is 18.5 Å². The standard InChI is InChI=1S/C10H13ClN2OS/c1-3-6-4-8(15-2)13-5-7(9(6)11)10(12)14/h5H,3-4H2,1-2H3,(H2,12,14). The van der Waals surface area contributed by atoms with Gasteiger partial charge in [-0.2, -0.15) is 0 Å². The first-order chi connectivity index (χ1) is 7.10. The molecule has 0 aliphatic carbocycles. The Morgan fingerprint density at radius 1 is 1.73 bits per heavy atom. The lowest BCUT2D eigenvalue weighted by atomic mass is 10.1. The van der Waals surface area contributed by atoms with Gasteiger partial charge in [0.05, 0.1) is 15.6 Å². The van der Waals surface area contributed by atoms with Crippen LogP contribution in [0.4, 0.5) is 0 Å². The largest absolute Gasteiger partial charge is 0.366 e. The first-order valence-electron chi connectivity index (χ1n) is 4.58. The molecule has 0 aromatic carbocycles. The van der Waals surface area contributed by atoms with E-state index in [9.17, 15) is 4.79 Å². The molecule has 1 amide bonds. The summed E-state index contributed by atoms with van der Waals surface area (Å²) in [5.74, 6) is -0.531. The van der Waals surface area contributed by atoms with Crippen LogP contribution < -0.4 is 5.73 Å². The highest BCUT2D eigenvalue weighted by atomic mass is 35.5. The number of carbonyl (C=O) groups is 1. The monoisotopic (exact) mass is 244 g/mol. The molecule has 3 nitrogen and oxygen atoms in total. The SMILES string of the molecule is CCC1=C(Cl)C(C(N)=O)=CN=C(SC)C1. The van der Waals surface area contributed by atoms with Crippen LogP contribution in [-0.4, -0.2) is 17.2 Å². The molecule has 1 rings (SSSR count). The minimum atomic E-state index is -0.531. The van der Waals surface area contributed by atoms with Crippen molar-refractivity contribution in [3.63, 3.8) is 0 Å². The van der Waals surface area contributed by atoms with E-state index in [0.717, 1.165) is 17.0 Å². The van der Waals surface area contributed by atoms with Crippen LogP contribution in [0.5, 0.6) is 0 Å². The number of allylic oxidation sites excluding steroid dienone is 1. The maximum absolute atomic E-state index is 11.1. The fourth-order valence-corrected chi connectivity index (χ4v) is 2.09. The zero-order valence-corrected chi connectivity index (χ0v) is 10.3. The van der Waals surface area contributed by atoms with E-state index >= 15 is 0 Å². The fraction of sp³-hybridized carbons (Fsp3) is 0.400. The Hall–Kier alpha value is -0.740. The number of nitrogens with zero attached hydrogens (tertiary/aromatic N) is 1. The molecule has 0 aromatic heterocycles. The predicted octanol–water partition coefficient (Wildman–Crippen LogP) is 2.42. The van der Waals surface area contributed by atoms with Crippen molar-refractivity contribution in [2.45, 2.75) is 19.8 Å². The highest BCUT2D eigenvalue weighted by Gasteiger charge is 2.17. The number of amides is 1. The Balaban J connectivity index is 3.18. The van der Waals surface area contributed by atoms with Crippen LogP contribution in [0.15, 0.2) is 27.4 Å². The quantitative estimate of drug-likeness (QED) is 0.811. The maximum Gasteiger partial charge on any atom is 0.251 e. The molecule has 0 saturated carbocycles. The molecule has 0 aromatic rings. The molecule has 1 aliphatic heterocycles. The average Bonchev–Trinajstić information content (AvgIpc) is 2.37. The van der Waals surface area contributed by atoms with Gasteiger partial charge in [0.2, 0.25) is 0 Å². The molecule has 0 atom stereocenters. The van der Waals surface area contributed by atoms with Gasteiger partial charge in [-0.25, -0.2) is 0 Å². The summed E-state index contributed by atoms with van der Waals surface area (Å²) >= 11 is 7.65. The zero-order valence-electron chi connectivity index (χ0n) is 8.71. The Morgan fingerprint density at radius 2 is 2.40 bits per heavy atom. The second-order valence-corrected chi connectivity index (χ2v) is 4.34. The molecule has 0 saturated heterocycles. The number of hydrogen-bond acceptors (Lipinski definition) is 3. The first kappa shape index (κ1) is 12.3. The third-order valence-electron chi connectivity index (χ3n) is 2.18. The number of hydrogen-bond donors (Lipinski definition) is 1. The molecule has 1 aliphatic rings. The van der Waals surface area contributed by atoms with E-state index in [-0.39, 0.29) is 0 Å². The molecule has 0 radical (unpaired) electrons. The van der Waals surface area contributed by atoms with Gasteiger partial charge in [-0.05, 0) is 18.2 Å². The van der Waals surface area contributed by atoms with Crippen LogP contribution >= 0.6 is 23.4 Å². The molecule has 0 unspecified atom stereocenters. The van der Waals surface area contributed by atoms with Crippen molar-refractivity contribution in [3.05, 3.63) is 22.4 Å². The van der Waals surface area contributed by atoms with Gasteiger partial charge in [-0.15, -0.1) is 11.8 Å². The maximum atomic E-state index is 11.1. The van der Waals surface area contributed by atoms with Crippen molar-refractivity contribution in [2.24, 2.45) is 10.7 Å². The molecular formula is C10H13ClN2OS. The topological polar surface area (TPSA) is 55.5 Å². The highest BCUT2D eigenvalue weighted by molar-refractivity contribution is 8.13. The first-order valence-corrected chi connectivity index (χ1v) is 6.19. The van der Waals surface area contributed by atoms with Gasteiger partial charge in [0.15, 0.2) is 0 Å². The Morgan fingerprint density at radius 3 is 2.87 bits per heavy atom. The molecule has 0 fully saturated rings. The van der Waals surface area contributed by atoms with Gasteiger partial charge in [0, 0.05) is 12.6 Å². The van der Waals surface area contributed by atoms with E-state index in [1.54, 1.807) is 11.8 Å². The van der Waals surface area contributed by atoms with E-state index in [0.29, 0.717) is 17.0 Å². The minimum Gasteiger partial charge on any atom is -0.366 e. The molecule has 0 bridgehead atoms. The molecular weight excluding hydrogens is 232 g/mol. The number of carbonyl (C=O) groups excluding carboxylic acids is 1. The van der Waals surface area contributed by atoms with Crippen LogP contribution in [0.1, 0.15) is 19.8 Å². The van der Waals surface area contributed by atoms with Crippen molar-refractivity contribution >= 4 is 34.3 Å². The third kappa shape index (κ3) is 2.86. The smallest absolute Gasteiger partial charge is 0.251 e. The number of thioether (sulfide) groups is 1. The number of aliphatic imine (C=N–C) groups is 1. The Labute approximate surface area is 98.5 Å². The second kappa shape index (κ2) is 5.37. The Kier molecular flexibility index (Phi) is 4.42. The lowest BCUT2D eigenvalue weighted by molar-refractivity contribution is -0.114. The van der Waals surface area contributed by atoms with Crippen molar-refractivity contribution in [1.29, 1.82) is 0 Å². The normalized spacial score (nSPS) is 17.0. The van der Waals surface area contributed by atoms with Crippen LogP contribution in [-0.2, 0) is 4.79 Å². The lowest BCUT2D eigenvalue weighted by Gasteiger charge is -2.06. The van der Waals surface area contributed by atoms with Gasteiger partial charge in [0.1, 0.15) is 0 Å². The minimum absolute atomic E-state index is 0.303. The summed E-state index contributed by atoms with van der Waals surface area (Å²) in [5.41, 5.74) is 6.54. The zero-order chi connectivity index (χ0) is 11.4. The van der Waals surface area contributed by atoms with Gasteiger partial charge in [-0.3, -0.25) is 9.79 Å². The van der Waals surface area contributed by atoms with E-state index in [4.69, 9.17) is 17.3 Å². The predicted molar refractivity (Wildman–Crippen MR) is 66.0 cm³/mol. The van der Waals surface area contributed by atoms with Crippen LogP contribution in [0.2, 0.25) is 0 Å². The molecule has 0 spiro atoms. The van der Waals surface area contributed by atoms with E-state index in [2.05, 4.69) is 4.99 Å². The van der Waals surface area contributed by atoms with Crippen LogP contribution in [0.3, 0.4) is 0 Å².